The molecule has 1 atom stereocenters. The Labute approximate surface area is 118 Å². The van der Waals surface area contributed by atoms with Crippen LogP contribution in [0.5, 0.6) is 0 Å². The largest absolute Gasteiger partial charge is 0.356 e. The summed E-state index contributed by atoms with van der Waals surface area (Å²) in [4.78, 5) is 14.0. The summed E-state index contributed by atoms with van der Waals surface area (Å²) in [5, 5.41) is 6.25. The van der Waals surface area contributed by atoms with Gasteiger partial charge in [0, 0.05) is 24.5 Å². The van der Waals surface area contributed by atoms with Gasteiger partial charge in [0.15, 0.2) is 0 Å². The summed E-state index contributed by atoms with van der Waals surface area (Å²) in [6.07, 6.45) is 1.89. The maximum atomic E-state index is 11.8. The first kappa shape index (κ1) is 18.4. The number of hydrogen-bond donors (Lipinski definition) is 3. The molecule has 0 aromatic heterocycles. The molecule has 0 saturated heterocycles. The Morgan fingerprint density at radius 2 is 1.95 bits per heavy atom. The predicted octanol–water partition coefficient (Wildman–Crippen LogP) is 0.407. The number of rotatable bonds is 10. The van der Waals surface area contributed by atoms with Gasteiger partial charge in [-0.25, -0.2) is 0 Å². The summed E-state index contributed by atoms with van der Waals surface area (Å²) in [5.41, 5.74) is 5.65. The lowest BCUT2D eigenvalue weighted by Crippen LogP contribution is -2.40. The zero-order valence-electron chi connectivity index (χ0n) is 13.3. The molecule has 5 heteroatoms. The van der Waals surface area contributed by atoms with E-state index in [9.17, 15) is 4.79 Å². The predicted molar refractivity (Wildman–Crippen MR) is 81.1 cm³/mol. The van der Waals surface area contributed by atoms with E-state index in [4.69, 9.17) is 5.73 Å². The van der Waals surface area contributed by atoms with Crippen LogP contribution in [0.15, 0.2) is 0 Å². The van der Waals surface area contributed by atoms with Gasteiger partial charge in [-0.3, -0.25) is 4.79 Å². The lowest BCUT2D eigenvalue weighted by molar-refractivity contribution is -0.124. The molecule has 1 amide bonds. The molecule has 0 bridgehead atoms. The highest BCUT2D eigenvalue weighted by atomic mass is 16.1. The van der Waals surface area contributed by atoms with E-state index >= 15 is 0 Å². The maximum Gasteiger partial charge on any atom is 0.224 e. The lowest BCUT2D eigenvalue weighted by Gasteiger charge is -2.19. The van der Waals surface area contributed by atoms with Crippen LogP contribution in [0.4, 0.5) is 0 Å². The second-order valence-electron chi connectivity index (χ2n) is 6.29. The fourth-order valence-corrected chi connectivity index (χ4v) is 1.61. The van der Waals surface area contributed by atoms with E-state index in [1.54, 1.807) is 0 Å². The number of nitrogens with one attached hydrogen (secondary N) is 2. The lowest BCUT2D eigenvalue weighted by atomic mass is 10.0. The van der Waals surface area contributed by atoms with Crippen LogP contribution in [0.25, 0.3) is 0 Å². The molecule has 0 saturated carbocycles. The molecule has 0 radical (unpaired) electrons. The van der Waals surface area contributed by atoms with Crippen LogP contribution in [0.2, 0.25) is 0 Å². The van der Waals surface area contributed by atoms with Crippen molar-refractivity contribution in [1.29, 1.82) is 0 Å². The van der Waals surface area contributed by atoms with Crippen LogP contribution in [-0.4, -0.2) is 56.6 Å². The summed E-state index contributed by atoms with van der Waals surface area (Å²) in [5.74, 6) is 0.101. The van der Waals surface area contributed by atoms with Crippen LogP contribution < -0.4 is 16.4 Å². The van der Waals surface area contributed by atoms with Gasteiger partial charge >= 0.3 is 0 Å². The monoisotopic (exact) mass is 272 g/mol. The molecule has 1 unspecified atom stereocenters. The average Bonchev–Trinajstić information content (AvgIpc) is 2.25. The average molecular weight is 272 g/mol. The maximum absolute atomic E-state index is 11.8. The molecule has 0 heterocycles. The summed E-state index contributed by atoms with van der Waals surface area (Å²) in [6, 6.07) is 0. The van der Waals surface area contributed by atoms with Gasteiger partial charge in [-0.2, -0.15) is 0 Å². The van der Waals surface area contributed by atoms with Crippen molar-refractivity contribution in [2.45, 2.75) is 39.2 Å². The Bertz CT molecular complexity index is 248. The van der Waals surface area contributed by atoms with Crippen molar-refractivity contribution in [3.05, 3.63) is 0 Å². The Hall–Kier alpha value is -0.650. The Morgan fingerprint density at radius 1 is 1.32 bits per heavy atom. The first-order valence-corrected chi connectivity index (χ1v) is 7.14. The highest BCUT2D eigenvalue weighted by Gasteiger charge is 2.14. The summed E-state index contributed by atoms with van der Waals surface area (Å²) >= 11 is 0. The molecular formula is C14H32N4O. The van der Waals surface area contributed by atoms with Crippen molar-refractivity contribution in [3.8, 4) is 0 Å². The fourth-order valence-electron chi connectivity index (χ4n) is 1.61. The fraction of sp³-hybridized carbons (Fsp3) is 0.929. The summed E-state index contributed by atoms with van der Waals surface area (Å²) in [7, 11) is 4.13. The molecule has 0 rings (SSSR count). The topological polar surface area (TPSA) is 70.4 Å². The molecule has 0 aromatic carbocycles. The molecule has 0 aliphatic carbocycles. The highest BCUT2D eigenvalue weighted by Crippen LogP contribution is 2.01. The quantitative estimate of drug-likeness (QED) is 0.504. The zero-order valence-corrected chi connectivity index (χ0v) is 13.3. The van der Waals surface area contributed by atoms with Crippen LogP contribution in [0.1, 0.15) is 33.6 Å². The minimum absolute atomic E-state index is 0.000225. The first-order chi connectivity index (χ1) is 8.72. The van der Waals surface area contributed by atoms with E-state index in [0.29, 0.717) is 6.54 Å². The number of nitrogens with two attached hydrogens (primary N) is 1. The summed E-state index contributed by atoms with van der Waals surface area (Å²) < 4.78 is 0. The highest BCUT2D eigenvalue weighted by molar-refractivity contribution is 5.78. The number of carbonyl (C=O) groups excluding carboxylic acids is 1. The van der Waals surface area contributed by atoms with Crippen molar-refractivity contribution < 1.29 is 4.79 Å². The Kier molecular flexibility index (Phi) is 8.97. The van der Waals surface area contributed by atoms with Crippen molar-refractivity contribution in [2.75, 3.05) is 40.3 Å². The van der Waals surface area contributed by atoms with E-state index in [1.807, 2.05) is 20.8 Å². The van der Waals surface area contributed by atoms with Crippen LogP contribution in [-0.2, 0) is 4.79 Å². The van der Waals surface area contributed by atoms with Gasteiger partial charge in [0.25, 0.3) is 0 Å². The molecule has 0 aromatic rings. The van der Waals surface area contributed by atoms with Gasteiger partial charge < -0.3 is 21.3 Å². The molecule has 0 aliphatic rings. The van der Waals surface area contributed by atoms with Crippen LogP contribution >= 0.6 is 0 Å². The van der Waals surface area contributed by atoms with E-state index in [-0.39, 0.29) is 17.4 Å². The van der Waals surface area contributed by atoms with Gasteiger partial charge in [-0.1, -0.05) is 6.92 Å². The number of carbonyl (C=O) groups is 1. The van der Waals surface area contributed by atoms with Crippen LogP contribution in [0.3, 0.4) is 0 Å². The number of hydrogen-bond acceptors (Lipinski definition) is 4. The van der Waals surface area contributed by atoms with E-state index in [2.05, 4.69) is 29.6 Å². The molecule has 19 heavy (non-hydrogen) atoms. The van der Waals surface area contributed by atoms with Crippen molar-refractivity contribution in [2.24, 2.45) is 11.7 Å². The normalized spacial score (nSPS) is 13.6. The molecule has 0 fully saturated rings. The SMILES string of the molecule is CC(CNCCCN(C)C)C(=O)NCCC(C)(C)N. The van der Waals surface area contributed by atoms with Crippen molar-refractivity contribution in [3.63, 3.8) is 0 Å². The first-order valence-electron chi connectivity index (χ1n) is 7.14. The van der Waals surface area contributed by atoms with Crippen LogP contribution in [0, 0.1) is 5.92 Å². The molecule has 0 aliphatic heterocycles. The van der Waals surface area contributed by atoms with E-state index in [0.717, 1.165) is 32.5 Å². The molecule has 0 spiro atoms. The van der Waals surface area contributed by atoms with Gasteiger partial charge in [0.2, 0.25) is 5.91 Å². The minimum Gasteiger partial charge on any atom is -0.356 e. The van der Waals surface area contributed by atoms with Gasteiger partial charge in [0.1, 0.15) is 0 Å². The van der Waals surface area contributed by atoms with Crippen molar-refractivity contribution in [1.82, 2.24) is 15.5 Å². The standard InChI is InChI=1S/C14H32N4O/c1-12(11-16-8-6-10-18(4)5)13(19)17-9-7-14(2,3)15/h12,16H,6-11,15H2,1-5H3,(H,17,19). The molecular weight excluding hydrogens is 240 g/mol. The van der Waals surface area contributed by atoms with Gasteiger partial charge in [-0.15, -0.1) is 0 Å². The van der Waals surface area contributed by atoms with Gasteiger partial charge in [0.05, 0.1) is 0 Å². The molecule has 114 valence electrons. The second-order valence-corrected chi connectivity index (χ2v) is 6.29. The molecule has 5 nitrogen and oxygen atoms in total. The Morgan fingerprint density at radius 3 is 2.47 bits per heavy atom. The van der Waals surface area contributed by atoms with Gasteiger partial charge in [-0.05, 0) is 53.9 Å². The van der Waals surface area contributed by atoms with Crippen molar-refractivity contribution >= 4 is 5.91 Å². The Balaban J connectivity index is 3.59. The third-order valence-electron chi connectivity index (χ3n) is 2.93. The number of amides is 1. The van der Waals surface area contributed by atoms with E-state index in [1.165, 1.54) is 0 Å². The number of nitrogens with zero attached hydrogens (tertiary/aromatic N) is 1. The third kappa shape index (κ3) is 12.1. The third-order valence-corrected chi connectivity index (χ3v) is 2.93. The smallest absolute Gasteiger partial charge is 0.224 e. The van der Waals surface area contributed by atoms with E-state index < -0.39 is 0 Å². The zero-order chi connectivity index (χ0) is 14.9. The minimum atomic E-state index is -0.221. The summed E-state index contributed by atoms with van der Waals surface area (Å²) in [6.45, 7) is 9.27. The second kappa shape index (κ2) is 9.28. The molecule has 4 N–H and O–H groups in total.